The fourth-order valence-corrected chi connectivity index (χ4v) is 1.86. The molecule has 0 rings (SSSR count). The van der Waals surface area contributed by atoms with Crippen molar-refractivity contribution in [2.24, 2.45) is 0 Å². The molecule has 28 heavy (non-hydrogen) atoms. The van der Waals surface area contributed by atoms with Gasteiger partial charge in [0.1, 0.15) is 6.10 Å². The molecule has 0 aliphatic rings. The first-order valence-corrected chi connectivity index (χ1v) is 9.58. The standard InChI is InChI=1S/C23H32O5/c1-4-20(24)13-10-7-11-16-21(25)14-8-5-6-9-15-22(26)17-12-18-23(27)28-19(2)3/h5-6,8,10,13-14,19-22,24-26H,4,12,16-18H2,1-3H3/b6-5+,13-10+,14-8+/t20-,21+,22-/m1/s1. The molecule has 0 bridgehead atoms. The van der Waals surface area contributed by atoms with E-state index < -0.39 is 18.3 Å². The smallest absolute Gasteiger partial charge is 0.306 e. The summed E-state index contributed by atoms with van der Waals surface area (Å²) in [5.74, 6) is 10.7. The van der Waals surface area contributed by atoms with Gasteiger partial charge in [0.2, 0.25) is 0 Å². The van der Waals surface area contributed by atoms with E-state index in [1.54, 1.807) is 50.3 Å². The molecule has 0 spiro atoms. The Bertz CT molecular complexity index is 637. The maximum Gasteiger partial charge on any atom is 0.306 e. The van der Waals surface area contributed by atoms with Crippen LogP contribution in [0.1, 0.15) is 52.9 Å². The van der Waals surface area contributed by atoms with Crippen LogP contribution < -0.4 is 0 Å². The Kier molecular flexibility index (Phi) is 15.4. The molecule has 0 aliphatic heterocycles. The van der Waals surface area contributed by atoms with E-state index in [2.05, 4.69) is 23.7 Å². The maximum atomic E-state index is 11.4. The van der Waals surface area contributed by atoms with Gasteiger partial charge >= 0.3 is 5.97 Å². The second kappa shape index (κ2) is 16.8. The number of esters is 1. The van der Waals surface area contributed by atoms with Gasteiger partial charge in [0.25, 0.3) is 0 Å². The lowest BCUT2D eigenvalue weighted by atomic mass is 10.1. The highest BCUT2D eigenvalue weighted by molar-refractivity contribution is 5.69. The summed E-state index contributed by atoms with van der Waals surface area (Å²) < 4.78 is 5.01. The van der Waals surface area contributed by atoms with Gasteiger partial charge in [-0.3, -0.25) is 4.79 Å². The second-order valence-electron chi connectivity index (χ2n) is 6.41. The Morgan fingerprint density at radius 3 is 2.46 bits per heavy atom. The molecule has 0 radical (unpaired) electrons. The summed E-state index contributed by atoms with van der Waals surface area (Å²) in [6.07, 6.45) is 9.72. The van der Waals surface area contributed by atoms with Gasteiger partial charge in [0, 0.05) is 12.8 Å². The molecule has 0 amide bonds. The van der Waals surface area contributed by atoms with Crippen molar-refractivity contribution in [2.45, 2.75) is 77.3 Å². The maximum absolute atomic E-state index is 11.4. The number of allylic oxidation sites excluding steroid dienone is 4. The quantitative estimate of drug-likeness (QED) is 0.304. The molecule has 0 aliphatic carbocycles. The molecule has 0 aromatic carbocycles. The Morgan fingerprint density at radius 1 is 1.04 bits per heavy atom. The Labute approximate surface area is 168 Å². The van der Waals surface area contributed by atoms with Crippen LogP contribution in [0.25, 0.3) is 0 Å². The zero-order valence-electron chi connectivity index (χ0n) is 17.0. The van der Waals surface area contributed by atoms with Crippen molar-refractivity contribution in [2.75, 3.05) is 0 Å². The molecular weight excluding hydrogens is 356 g/mol. The fraction of sp³-hybridized carbons (Fsp3) is 0.522. The number of aliphatic hydroxyl groups is 3. The SMILES string of the molecule is CC[C@@H](O)/C=C/C#CC[C@@H](O)/C=C/C=C/C#C[C@@H](O)CCCC(=O)OC(C)C. The van der Waals surface area contributed by atoms with Crippen LogP contribution in [0.4, 0.5) is 0 Å². The molecule has 0 fully saturated rings. The minimum Gasteiger partial charge on any atom is -0.463 e. The van der Waals surface area contributed by atoms with Crippen LogP contribution >= 0.6 is 0 Å². The lowest BCUT2D eigenvalue weighted by Gasteiger charge is -2.07. The average molecular weight is 389 g/mol. The largest absolute Gasteiger partial charge is 0.463 e. The summed E-state index contributed by atoms with van der Waals surface area (Å²) in [5.41, 5.74) is 0. The summed E-state index contributed by atoms with van der Waals surface area (Å²) in [7, 11) is 0. The highest BCUT2D eigenvalue weighted by atomic mass is 16.5. The summed E-state index contributed by atoms with van der Waals surface area (Å²) in [6, 6.07) is 0. The van der Waals surface area contributed by atoms with Crippen molar-refractivity contribution in [3.8, 4) is 23.7 Å². The first-order valence-electron chi connectivity index (χ1n) is 9.58. The minimum atomic E-state index is -0.791. The lowest BCUT2D eigenvalue weighted by Crippen LogP contribution is -2.12. The van der Waals surface area contributed by atoms with Gasteiger partial charge in [-0.15, -0.1) is 0 Å². The number of aliphatic hydroxyl groups excluding tert-OH is 3. The number of ether oxygens (including phenoxy) is 1. The van der Waals surface area contributed by atoms with Crippen molar-refractivity contribution < 1.29 is 24.9 Å². The first-order chi connectivity index (χ1) is 13.3. The molecule has 0 saturated heterocycles. The van der Waals surface area contributed by atoms with Crippen molar-refractivity contribution in [3.05, 3.63) is 36.5 Å². The van der Waals surface area contributed by atoms with Crippen LogP contribution in [0.15, 0.2) is 36.5 Å². The molecular formula is C23H32O5. The van der Waals surface area contributed by atoms with Gasteiger partial charge in [0.05, 0.1) is 18.3 Å². The van der Waals surface area contributed by atoms with Crippen LogP contribution in [0.5, 0.6) is 0 Å². The Hall–Kier alpha value is -2.31. The van der Waals surface area contributed by atoms with E-state index in [1.165, 1.54) is 0 Å². The van der Waals surface area contributed by atoms with E-state index in [0.717, 1.165) is 0 Å². The molecule has 0 aromatic heterocycles. The van der Waals surface area contributed by atoms with Crippen LogP contribution in [0.2, 0.25) is 0 Å². The number of hydrogen-bond acceptors (Lipinski definition) is 5. The van der Waals surface area contributed by atoms with E-state index in [-0.39, 0.29) is 18.5 Å². The fourth-order valence-electron chi connectivity index (χ4n) is 1.86. The number of rotatable bonds is 10. The summed E-state index contributed by atoms with van der Waals surface area (Å²) in [5, 5.41) is 28.8. The molecule has 0 unspecified atom stereocenters. The predicted octanol–water partition coefficient (Wildman–Crippen LogP) is 2.67. The third-order valence-corrected chi connectivity index (χ3v) is 3.33. The monoisotopic (exact) mass is 388 g/mol. The van der Waals surface area contributed by atoms with Crippen LogP contribution in [-0.2, 0) is 9.53 Å². The van der Waals surface area contributed by atoms with Crippen molar-refractivity contribution in [1.82, 2.24) is 0 Å². The summed E-state index contributed by atoms with van der Waals surface area (Å²) in [4.78, 5) is 11.4. The van der Waals surface area contributed by atoms with E-state index in [9.17, 15) is 20.1 Å². The number of carbonyl (C=O) groups is 1. The molecule has 0 aromatic rings. The zero-order valence-corrected chi connectivity index (χ0v) is 17.0. The van der Waals surface area contributed by atoms with Crippen molar-refractivity contribution in [3.63, 3.8) is 0 Å². The predicted molar refractivity (Wildman–Crippen MR) is 111 cm³/mol. The molecule has 3 N–H and O–H groups in total. The topological polar surface area (TPSA) is 87.0 Å². The van der Waals surface area contributed by atoms with E-state index >= 15 is 0 Å². The van der Waals surface area contributed by atoms with Gasteiger partial charge in [-0.05, 0) is 51.3 Å². The van der Waals surface area contributed by atoms with Gasteiger partial charge in [-0.1, -0.05) is 48.8 Å². The van der Waals surface area contributed by atoms with E-state index in [4.69, 9.17) is 4.74 Å². The van der Waals surface area contributed by atoms with Gasteiger partial charge in [-0.2, -0.15) is 0 Å². The molecule has 154 valence electrons. The number of carbonyl (C=O) groups excluding carboxylic acids is 1. The zero-order chi connectivity index (χ0) is 21.2. The van der Waals surface area contributed by atoms with Gasteiger partial charge in [0.15, 0.2) is 0 Å². The highest BCUT2D eigenvalue weighted by Crippen LogP contribution is 2.03. The van der Waals surface area contributed by atoms with Gasteiger partial charge in [-0.25, -0.2) is 0 Å². The Balaban J connectivity index is 4.05. The van der Waals surface area contributed by atoms with E-state index in [1.807, 2.05) is 6.92 Å². The van der Waals surface area contributed by atoms with Crippen LogP contribution in [0.3, 0.4) is 0 Å². The molecule has 5 heteroatoms. The van der Waals surface area contributed by atoms with Crippen LogP contribution in [0, 0.1) is 23.7 Å². The van der Waals surface area contributed by atoms with Crippen molar-refractivity contribution >= 4 is 5.97 Å². The van der Waals surface area contributed by atoms with Gasteiger partial charge < -0.3 is 20.1 Å². The molecule has 5 nitrogen and oxygen atoms in total. The third kappa shape index (κ3) is 17.1. The van der Waals surface area contributed by atoms with E-state index in [0.29, 0.717) is 25.7 Å². The first kappa shape index (κ1) is 25.7. The molecule has 0 saturated carbocycles. The Morgan fingerprint density at radius 2 is 1.79 bits per heavy atom. The summed E-state index contributed by atoms with van der Waals surface area (Å²) in [6.45, 7) is 5.47. The van der Waals surface area contributed by atoms with Crippen molar-refractivity contribution in [1.29, 1.82) is 0 Å². The highest BCUT2D eigenvalue weighted by Gasteiger charge is 2.06. The molecule has 3 atom stereocenters. The second-order valence-corrected chi connectivity index (χ2v) is 6.41. The van der Waals surface area contributed by atoms with Crippen LogP contribution in [-0.4, -0.2) is 45.7 Å². The normalized spacial score (nSPS) is 14.5. The minimum absolute atomic E-state index is 0.127. The molecule has 0 heterocycles. The average Bonchev–Trinajstić information content (AvgIpc) is 2.63. The third-order valence-electron chi connectivity index (χ3n) is 3.33. The summed E-state index contributed by atoms with van der Waals surface area (Å²) >= 11 is 0. The number of hydrogen-bond donors (Lipinski definition) is 3. The lowest BCUT2D eigenvalue weighted by molar-refractivity contribution is -0.147.